The summed E-state index contributed by atoms with van der Waals surface area (Å²) < 4.78 is 72.7. The largest absolute Gasteiger partial charge is 0.646 e. The van der Waals surface area contributed by atoms with Gasteiger partial charge in [-0.3, -0.25) is 52.8 Å². The highest BCUT2D eigenvalue weighted by atomic mass is 35.5. The van der Waals surface area contributed by atoms with Gasteiger partial charge < -0.3 is 65.8 Å². The van der Waals surface area contributed by atoms with Gasteiger partial charge in [-0.2, -0.15) is 4.57 Å². The summed E-state index contributed by atoms with van der Waals surface area (Å²) in [5, 5.41) is 10.7. The van der Waals surface area contributed by atoms with Gasteiger partial charge in [0.05, 0.1) is 54.2 Å². The number of phosphoric ester groups is 1. The van der Waals surface area contributed by atoms with Crippen molar-refractivity contribution in [3.63, 3.8) is 0 Å². The number of nitrogens with zero attached hydrogens (tertiary/aromatic N) is 3. The summed E-state index contributed by atoms with van der Waals surface area (Å²) in [6, 6.07) is 28.5. The smallest absolute Gasteiger partial charge is 0.428 e. The Labute approximate surface area is 618 Å². The van der Waals surface area contributed by atoms with E-state index in [2.05, 4.69) is 9.47 Å². The number of ether oxygens (including phenoxy) is 6. The summed E-state index contributed by atoms with van der Waals surface area (Å²) in [6.07, 6.45) is -1.82. The van der Waals surface area contributed by atoms with Crippen LogP contribution in [0.5, 0.6) is 11.5 Å². The lowest BCUT2D eigenvalue weighted by atomic mass is 9.77. The summed E-state index contributed by atoms with van der Waals surface area (Å²) in [6.45, 7) is 23.4. The van der Waals surface area contributed by atoms with Crippen molar-refractivity contribution < 1.29 is 113 Å². The molecule has 4 aliphatic heterocycles. The standard InChI is InChI=1S/C28H34NO10PSi.C22H30ClNO7SSi.C19H22ClNO7S/c1-18-24-23(19(2)39-41(4,5)6)27(31)29(24)25(28(32)35-17-34-20(3)30)26(18)38-40(33,36-21-13-9-7-10-14-21)37-22-15-11-8-12-16-22;1-13(22(28)32-17-9-7-16(23)8-10-17)20-19(14(2)31-33(4,5)6)21(27)24(20)11-18(26)30-12-29-15(3)25;1-10(19(26)29-14-6-4-13(20)5-7-14)17-16(11(2)22)18(25)21(17)8-15(24)28-9-27-12(3)23/h7-16,18-19,23-24H,17H2,1-6H3;7-10,13-14,19-20H,11-12H2,1-6H3;4-7,10-11,16-17,22H,8-9H2,1-3H3/t18-,19-,23-,24-;13-,14-,19-,20-;10-,11-,16-,17-/m111/s1. The molecule has 0 aliphatic carbocycles. The molecule has 3 saturated heterocycles. The molecule has 0 bridgehead atoms. The summed E-state index contributed by atoms with van der Waals surface area (Å²) in [5.41, 5.74) is -0.260. The second-order valence-corrected chi connectivity index (χ2v) is 39.6. The van der Waals surface area contributed by atoms with Crippen molar-refractivity contribution in [2.75, 3.05) is 33.5 Å². The number of rotatable bonds is 30. The molecule has 4 aliphatic rings. The molecule has 4 aromatic rings. The number of phosphoric acid groups is 1. The van der Waals surface area contributed by atoms with E-state index in [1.807, 2.05) is 53.1 Å². The number of amides is 3. The summed E-state index contributed by atoms with van der Waals surface area (Å²) in [4.78, 5) is 140. The fraction of sp³-hybridized carbons (Fsp3) is 0.464. The summed E-state index contributed by atoms with van der Waals surface area (Å²) >= 11 is 13.8. The Morgan fingerprint density at radius 3 is 1.26 bits per heavy atom. The van der Waals surface area contributed by atoms with Crippen LogP contribution in [0, 0.1) is 35.5 Å². The van der Waals surface area contributed by atoms with Gasteiger partial charge >= 0.3 is 43.6 Å². The second-order valence-electron chi connectivity index (χ2n) is 26.2. The van der Waals surface area contributed by atoms with Crippen molar-refractivity contribution >= 4 is 135 Å². The molecule has 103 heavy (non-hydrogen) atoms. The number of carbonyl (C=O) groups excluding carboxylic acids is 11. The third-order valence-electron chi connectivity index (χ3n) is 16.0. The van der Waals surface area contributed by atoms with E-state index in [1.165, 1.54) is 35.5 Å². The number of carbonyl (C=O) groups is 11. The van der Waals surface area contributed by atoms with Crippen LogP contribution in [0.4, 0.5) is 0 Å². The maximum absolute atomic E-state index is 14.2. The third kappa shape index (κ3) is 24.0. The number of esters is 6. The maximum atomic E-state index is 14.2. The Hall–Kier alpha value is -7.59. The van der Waals surface area contributed by atoms with Crippen LogP contribution in [0.1, 0.15) is 62.3 Å². The zero-order valence-electron chi connectivity index (χ0n) is 59.6. The van der Waals surface area contributed by atoms with E-state index < -0.39 is 165 Å². The first-order valence-electron chi connectivity index (χ1n) is 32.5. The van der Waals surface area contributed by atoms with E-state index >= 15 is 0 Å². The van der Waals surface area contributed by atoms with Gasteiger partial charge in [0, 0.05) is 58.4 Å². The molecular formula is C69H86Cl2N3O24PS2Si2. The predicted molar refractivity (Wildman–Crippen MR) is 382 cm³/mol. The highest BCUT2D eigenvalue weighted by molar-refractivity contribution is 8.14. The second kappa shape index (κ2) is 37.4. The number of aliphatic hydroxyl groups is 1. The highest BCUT2D eigenvalue weighted by Gasteiger charge is 2.63. The van der Waals surface area contributed by atoms with Crippen molar-refractivity contribution in [2.24, 2.45) is 35.5 Å². The van der Waals surface area contributed by atoms with Crippen LogP contribution in [0.25, 0.3) is 0 Å². The molecular weight excluding hydrogens is 1480 g/mol. The number of likely N-dealkylation sites (tertiary alicyclic amines) is 2. The lowest BCUT2D eigenvalue weighted by molar-refractivity contribution is -0.180. The normalized spacial score (nSPS) is 20.5. The highest BCUT2D eigenvalue weighted by Crippen LogP contribution is 2.57. The van der Waals surface area contributed by atoms with Crippen LogP contribution in [-0.4, -0.2) is 170 Å². The van der Waals surface area contributed by atoms with Gasteiger partial charge in [0.15, 0.2) is 32.6 Å². The van der Waals surface area contributed by atoms with E-state index in [1.54, 1.807) is 130 Å². The fourth-order valence-corrected chi connectivity index (χ4v) is 17.4. The molecule has 1 N–H and O–H groups in total. The first-order chi connectivity index (χ1) is 48.2. The molecule has 0 radical (unpaired) electrons. The number of benzene rings is 4. The van der Waals surface area contributed by atoms with Crippen molar-refractivity contribution in [1.29, 1.82) is 0 Å². The lowest BCUT2D eigenvalue weighted by Crippen LogP contribution is -2.69. The Balaban J connectivity index is 0.000000247. The lowest BCUT2D eigenvalue weighted by Gasteiger charge is -2.51. The molecule has 34 heteroatoms. The molecule has 8 rings (SSSR count). The molecule has 12 atom stereocenters. The minimum atomic E-state index is -4.50. The average Bonchev–Trinajstić information content (AvgIpc) is 1.69. The van der Waals surface area contributed by atoms with Crippen LogP contribution in [0.3, 0.4) is 0 Å². The Kier molecular flexibility index (Phi) is 30.6. The van der Waals surface area contributed by atoms with Gasteiger partial charge in [-0.1, -0.05) is 104 Å². The number of para-hydroxylation sites is 2. The van der Waals surface area contributed by atoms with Crippen LogP contribution < -0.4 is 9.05 Å². The van der Waals surface area contributed by atoms with E-state index in [0.717, 1.165) is 35.3 Å². The van der Waals surface area contributed by atoms with Crippen molar-refractivity contribution in [2.45, 2.75) is 148 Å². The first-order valence-corrected chi connectivity index (χ1v) is 43.2. The molecule has 0 saturated carbocycles. The molecule has 4 aromatic carbocycles. The van der Waals surface area contributed by atoms with Gasteiger partial charge in [0.2, 0.25) is 38.1 Å². The van der Waals surface area contributed by atoms with Gasteiger partial charge in [-0.05, 0) is 133 Å². The minimum absolute atomic E-state index is 0.103. The van der Waals surface area contributed by atoms with Crippen LogP contribution in [0.15, 0.2) is 130 Å². The van der Waals surface area contributed by atoms with Crippen molar-refractivity contribution in [3.8, 4) is 11.5 Å². The quantitative estimate of drug-likeness (QED) is 0.00964. The molecule has 3 fully saturated rings. The molecule has 0 unspecified atom stereocenters. The molecule has 27 nitrogen and oxygen atoms in total. The van der Waals surface area contributed by atoms with E-state index in [-0.39, 0.29) is 51.5 Å². The zero-order chi connectivity index (χ0) is 76.6. The predicted octanol–water partition coefficient (Wildman–Crippen LogP) is 10.9. The number of hydrogen-bond acceptors (Lipinski definition) is 26. The zero-order valence-corrected chi connectivity index (χ0v) is 65.6. The molecule has 560 valence electrons. The number of aliphatic hydroxyl groups excluding tert-OH is 1. The van der Waals surface area contributed by atoms with E-state index in [9.17, 15) is 62.4 Å². The maximum Gasteiger partial charge on any atom is 0.646 e. The van der Waals surface area contributed by atoms with Crippen molar-refractivity contribution in [3.05, 3.63) is 131 Å². The van der Waals surface area contributed by atoms with Gasteiger partial charge in [0.1, 0.15) is 30.3 Å². The van der Waals surface area contributed by atoms with Gasteiger partial charge in [-0.25, -0.2) is 4.79 Å². The fourth-order valence-electron chi connectivity index (χ4n) is 11.6. The van der Waals surface area contributed by atoms with Crippen LogP contribution in [-0.2, 0) is 99.1 Å². The molecule has 0 spiro atoms. The summed E-state index contributed by atoms with van der Waals surface area (Å²) in [7, 11) is -8.46. The minimum Gasteiger partial charge on any atom is -0.428 e. The molecule has 4 heterocycles. The number of thioether (sulfide) groups is 2. The number of halogens is 2. The molecule has 3 amide bonds. The van der Waals surface area contributed by atoms with Crippen LogP contribution >= 0.6 is 54.5 Å². The van der Waals surface area contributed by atoms with Gasteiger partial charge in [-0.15, -0.1) is 0 Å². The van der Waals surface area contributed by atoms with Crippen molar-refractivity contribution in [1.82, 2.24) is 14.7 Å². The molecule has 0 aromatic heterocycles. The Bertz CT molecular complexity index is 3750. The van der Waals surface area contributed by atoms with E-state index in [4.69, 9.17) is 64.6 Å². The number of hydrogen-bond donors (Lipinski definition) is 1. The Morgan fingerprint density at radius 1 is 0.515 bits per heavy atom. The topological polar surface area (TPSA) is 336 Å². The Morgan fingerprint density at radius 2 is 0.883 bits per heavy atom. The number of β-lactam (4-membered cyclic amide) rings is 3. The van der Waals surface area contributed by atoms with E-state index in [0.29, 0.717) is 14.9 Å². The van der Waals surface area contributed by atoms with Crippen LogP contribution in [0.2, 0.25) is 49.3 Å². The van der Waals surface area contributed by atoms with Gasteiger partial charge in [0.25, 0.3) is 0 Å². The monoisotopic (exact) mass is 1560 g/mol. The summed E-state index contributed by atoms with van der Waals surface area (Å²) in [5.74, 6) is -8.89. The number of fused-ring (bicyclic) bond motifs is 1. The SMILES string of the molecule is CC(=O)OCOC(=O)C1=C(OP(=O)(Oc2ccccc2)Oc2ccccc2)[C@H](C)[C@@H]2[C@@H]([C@@H](C)O[Si](C)(C)C)C(=O)N12.CC(=O)OCOC(=O)CN1C(=O)[C@H]([C@@H](C)O)[C@H]1[C@@H](C)C(=O)Sc1ccc(Cl)cc1.CC(=O)OCOC(=O)CN1C(=O)[C@H]([C@@H](C)O[Si](C)(C)C)[C@H]1[C@@H](C)C(=O)Sc1ccc(Cl)cc1. The average molecular weight is 1560 g/mol. The third-order valence-corrected chi connectivity index (χ3v) is 22.1. The first kappa shape index (κ1) is 84.4.